The maximum Gasteiger partial charge on any atom is 0.335 e. The molecular weight excluding hydrogens is 192 g/mol. The maximum absolute atomic E-state index is 11.4. The summed E-state index contributed by atoms with van der Waals surface area (Å²) in [5.74, 6) is -0.832. The second-order valence-electron chi connectivity index (χ2n) is 5.01. The molecule has 0 aliphatic carbocycles. The van der Waals surface area contributed by atoms with Crippen LogP contribution in [0.2, 0.25) is 0 Å². The van der Waals surface area contributed by atoms with Crippen molar-refractivity contribution in [3.05, 3.63) is 0 Å². The molecule has 0 rings (SSSR count). The Balaban J connectivity index is 4.86. The molecule has 0 heterocycles. The van der Waals surface area contributed by atoms with E-state index in [4.69, 9.17) is 4.74 Å². The van der Waals surface area contributed by atoms with E-state index >= 15 is 0 Å². The Morgan fingerprint density at radius 3 is 1.73 bits per heavy atom. The number of carboxylic acid groups (broad SMARTS) is 1. The van der Waals surface area contributed by atoms with Gasteiger partial charge in [-0.15, -0.1) is 0 Å². The van der Waals surface area contributed by atoms with E-state index in [0.717, 1.165) is 12.8 Å². The number of ether oxygens (including phenoxy) is 1. The van der Waals surface area contributed by atoms with Crippen LogP contribution in [0.25, 0.3) is 0 Å². The summed E-state index contributed by atoms with van der Waals surface area (Å²) < 4.78 is 5.77. The van der Waals surface area contributed by atoms with Crippen LogP contribution >= 0.6 is 0 Å². The minimum Gasteiger partial charge on any atom is -0.479 e. The predicted molar refractivity (Wildman–Crippen MR) is 61.0 cm³/mol. The summed E-state index contributed by atoms with van der Waals surface area (Å²) in [6.07, 6.45) is 2.80. The Kier molecular flexibility index (Phi) is 5.29. The van der Waals surface area contributed by atoms with E-state index in [9.17, 15) is 9.90 Å². The molecule has 3 heteroatoms. The van der Waals surface area contributed by atoms with Crippen molar-refractivity contribution in [2.75, 3.05) is 0 Å². The lowest BCUT2D eigenvalue weighted by Crippen LogP contribution is -2.46. The largest absolute Gasteiger partial charge is 0.479 e. The molecule has 0 saturated carbocycles. The summed E-state index contributed by atoms with van der Waals surface area (Å²) in [6, 6.07) is 0. The summed E-state index contributed by atoms with van der Waals surface area (Å²) in [6.45, 7) is 9.67. The molecule has 0 aliphatic rings. The molecule has 15 heavy (non-hydrogen) atoms. The van der Waals surface area contributed by atoms with Crippen LogP contribution in [0.15, 0.2) is 0 Å². The Labute approximate surface area is 92.8 Å². The zero-order chi connectivity index (χ0) is 12.1. The van der Waals surface area contributed by atoms with E-state index in [0.29, 0.717) is 12.8 Å². The predicted octanol–water partition coefficient (Wildman–Crippen LogP) is 3.23. The zero-order valence-corrected chi connectivity index (χ0v) is 10.6. The van der Waals surface area contributed by atoms with Crippen molar-refractivity contribution in [2.45, 2.75) is 71.5 Å². The molecule has 0 fully saturated rings. The van der Waals surface area contributed by atoms with Crippen molar-refractivity contribution in [1.82, 2.24) is 0 Å². The monoisotopic (exact) mass is 216 g/mol. The van der Waals surface area contributed by atoms with Crippen LogP contribution in [0.4, 0.5) is 0 Å². The highest BCUT2D eigenvalue weighted by Crippen LogP contribution is 2.30. The first-order valence-electron chi connectivity index (χ1n) is 5.71. The first-order chi connectivity index (χ1) is 6.77. The molecule has 0 bridgehead atoms. The van der Waals surface area contributed by atoms with Crippen molar-refractivity contribution in [3.8, 4) is 0 Å². The lowest BCUT2D eigenvalue weighted by Gasteiger charge is -2.36. The Morgan fingerprint density at radius 1 is 1.13 bits per heavy atom. The molecule has 0 radical (unpaired) electrons. The lowest BCUT2D eigenvalue weighted by molar-refractivity contribution is -0.188. The van der Waals surface area contributed by atoms with Crippen LogP contribution in [0.5, 0.6) is 0 Å². The number of carboxylic acids is 1. The molecule has 1 N–H and O–H groups in total. The van der Waals surface area contributed by atoms with Gasteiger partial charge in [0, 0.05) is 0 Å². The zero-order valence-electron chi connectivity index (χ0n) is 10.6. The van der Waals surface area contributed by atoms with E-state index in [1.165, 1.54) is 0 Å². The fraction of sp³-hybridized carbons (Fsp3) is 0.917. The molecule has 0 atom stereocenters. The van der Waals surface area contributed by atoms with Crippen LogP contribution in [0.1, 0.15) is 60.3 Å². The van der Waals surface area contributed by atoms with Gasteiger partial charge in [0.25, 0.3) is 0 Å². The minimum atomic E-state index is -0.998. The summed E-state index contributed by atoms with van der Waals surface area (Å²) in [4.78, 5) is 11.4. The van der Waals surface area contributed by atoms with Crippen LogP contribution in [-0.4, -0.2) is 22.3 Å². The van der Waals surface area contributed by atoms with Gasteiger partial charge in [-0.1, -0.05) is 26.7 Å². The highest BCUT2D eigenvalue weighted by Gasteiger charge is 2.41. The second-order valence-corrected chi connectivity index (χ2v) is 5.01. The Hall–Kier alpha value is -0.570. The first kappa shape index (κ1) is 14.4. The minimum absolute atomic E-state index is 0.414. The quantitative estimate of drug-likeness (QED) is 0.741. The molecular formula is C12H24O3. The second kappa shape index (κ2) is 5.50. The number of hydrogen-bond acceptors (Lipinski definition) is 2. The maximum atomic E-state index is 11.4. The first-order valence-corrected chi connectivity index (χ1v) is 5.71. The van der Waals surface area contributed by atoms with Crippen molar-refractivity contribution >= 4 is 5.97 Å². The third-order valence-electron chi connectivity index (χ3n) is 2.20. The molecule has 0 aromatic carbocycles. The van der Waals surface area contributed by atoms with Crippen molar-refractivity contribution in [1.29, 1.82) is 0 Å². The average Bonchev–Trinajstić information content (AvgIpc) is 2.01. The molecule has 0 amide bonds. The van der Waals surface area contributed by atoms with Gasteiger partial charge < -0.3 is 9.84 Å². The number of aliphatic carboxylic acids is 1. The van der Waals surface area contributed by atoms with E-state index in [2.05, 4.69) is 0 Å². The van der Waals surface area contributed by atoms with Crippen LogP contribution in [-0.2, 0) is 9.53 Å². The Morgan fingerprint density at radius 2 is 1.53 bits per heavy atom. The van der Waals surface area contributed by atoms with Crippen molar-refractivity contribution in [3.63, 3.8) is 0 Å². The van der Waals surface area contributed by atoms with Gasteiger partial charge in [0.1, 0.15) is 0 Å². The topological polar surface area (TPSA) is 46.5 Å². The van der Waals surface area contributed by atoms with Crippen LogP contribution < -0.4 is 0 Å². The molecule has 0 spiro atoms. The molecule has 0 unspecified atom stereocenters. The van der Waals surface area contributed by atoms with Gasteiger partial charge in [-0.05, 0) is 33.6 Å². The van der Waals surface area contributed by atoms with Gasteiger partial charge >= 0.3 is 5.97 Å². The smallest absolute Gasteiger partial charge is 0.335 e. The van der Waals surface area contributed by atoms with Crippen LogP contribution in [0.3, 0.4) is 0 Å². The van der Waals surface area contributed by atoms with E-state index < -0.39 is 17.2 Å². The SMILES string of the molecule is CCCC(CCC)(OC(C)(C)C)C(=O)O. The molecule has 3 nitrogen and oxygen atoms in total. The van der Waals surface area contributed by atoms with Crippen LogP contribution in [0, 0.1) is 0 Å². The van der Waals surface area contributed by atoms with E-state index in [1.807, 2.05) is 34.6 Å². The summed E-state index contributed by atoms with van der Waals surface area (Å²) in [7, 11) is 0. The molecule has 0 saturated heterocycles. The van der Waals surface area contributed by atoms with E-state index in [1.54, 1.807) is 0 Å². The number of carbonyl (C=O) groups is 1. The van der Waals surface area contributed by atoms with Crippen molar-refractivity contribution in [2.24, 2.45) is 0 Å². The molecule has 90 valence electrons. The van der Waals surface area contributed by atoms with Crippen molar-refractivity contribution < 1.29 is 14.6 Å². The number of rotatable bonds is 6. The lowest BCUT2D eigenvalue weighted by atomic mass is 9.91. The third kappa shape index (κ3) is 4.65. The third-order valence-corrected chi connectivity index (χ3v) is 2.20. The summed E-state index contributed by atoms with van der Waals surface area (Å²) in [5.41, 5.74) is -1.41. The number of hydrogen-bond donors (Lipinski definition) is 1. The summed E-state index contributed by atoms with van der Waals surface area (Å²) in [5, 5.41) is 9.32. The van der Waals surface area contributed by atoms with Gasteiger partial charge in [0.2, 0.25) is 0 Å². The molecule has 0 aromatic rings. The highest BCUT2D eigenvalue weighted by atomic mass is 16.5. The highest BCUT2D eigenvalue weighted by molar-refractivity contribution is 5.77. The average molecular weight is 216 g/mol. The fourth-order valence-corrected chi connectivity index (χ4v) is 1.88. The van der Waals surface area contributed by atoms with Gasteiger partial charge in [-0.2, -0.15) is 0 Å². The summed E-state index contributed by atoms with van der Waals surface area (Å²) >= 11 is 0. The van der Waals surface area contributed by atoms with Gasteiger partial charge in [-0.3, -0.25) is 0 Å². The standard InChI is InChI=1S/C12H24O3/c1-6-8-12(9-7-2,10(13)14)15-11(3,4)5/h6-9H2,1-5H3,(H,13,14). The molecule has 0 aliphatic heterocycles. The van der Waals surface area contributed by atoms with Gasteiger partial charge in [0.15, 0.2) is 5.60 Å². The Bertz CT molecular complexity index is 197. The fourth-order valence-electron chi connectivity index (χ4n) is 1.88. The van der Waals surface area contributed by atoms with E-state index in [-0.39, 0.29) is 0 Å². The normalized spacial score (nSPS) is 12.9. The van der Waals surface area contributed by atoms with Gasteiger partial charge in [-0.25, -0.2) is 4.79 Å². The molecule has 0 aromatic heterocycles. The van der Waals surface area contributed by atoms with Gasteiger partial charge in [0.05, 0.1) is 5.60 Å².